The first-order valence-electron chi connectivity index (χ1n) is 8.86. The molecule has 2 atom stereocenters. The van der Waals surface area contributed by atoms with Crippen LogP contribution in [0.4, 0.5) is 0 Å². The van der Waals surface area contributed by atoms with Crippen molar-refractivity contribution in [2.24, 2.45) is 11.8 Å². The molecule has 2 N–H and O–H groups in total. The largest absolute Gasteiger partial charge is 0.481 e. The Kier molecular flexibility index (Phi) is 7.85. The van der Waals surface area contributed by atoms with Gasteiger partial charge in [-0.3, -0.25) is 9.59 Å². The zero-order valence-corrected chi connectivity index (χ0v) is 15.8. The number of hydrogen-bond donors (Lipinski definition) is 2. The number of unbranched alkanes of at least 4 members (excludes halogenated alkanes) is 1. The van der Waals surface area contributed by atoms with Crippen LogP contribution in [-0.4, -0.2) is 28.1 Å². The molecule has 136 valence electrons. The molecule has 4 nitrogen and oxygen atoms in total. The average Bonchev–Trinajstić information content (AvgIpc) is 3.19. The maximum Gasteiger partial charge on any atom is 0.303 e. The van der Waals surface area contributed by atoms with Gasteiger partial charge in [0, 0.05) is 17.9 Å². The number of rotatable bonds is 8. The number of hydrogen-bond acceptors (Lipinski definition) is 3. The van der Waals surface area contributed by atoms with Crippen LogP contribution < -0.4 is 0 Å². The van der Waals surface area contributed by atoms with Crippen LogP contribution in [0, 0.1) is 11.8 Å². The molecule has 0 aromatic rings. The lowest BCUT2D eigenvalue weighted by atomic mass is 9.96. The molecule has 0 amide bonds. The van der Waals surface area contributed by atoms with Crippen molar-refractivity contribution >= 4 is 27.7 Å². The van der Waals surface area contributed by atoms with Gasteiger partial charge in [-0.25, -0.2) is 0 Å². The molecule has 0 saturated heterocycles. The fourth-order valence-corrected chi connectivity index (χ4v) is 3.80. The number of carboxylic acid groups (broad SMARTS) is 1. The summed E-state index contributed by atoms with van der Waals surface area (Å²) < 4.78 is 0.544. The van der Waals surface area contributed by atoms with E-state index in [-0.39, 0.29) is 18.1 Å². The summed E-state index contributed by atoms with van der Waals surface area (Å²) in [5.41, 5.74) is 0.663. The van der Waals surface area contributed by atoms with E-state index in [1.54, 1.807) is 6.08 Å². The SMILES string of the molecule is O=C(O)CCCC=CC=C1C(=O)C(Br)=CC1C=CC(O)C1CCCC1. The molecule has 0 aromatic carbocycles. The molecule has 1 fully saturated rings. The second-order valence-corrected chi connectivity index (χ2v) is 7.48. The summed E-state index contributed by atoms with van der Waals surface area (Å²) in [6.07, 6.45) is 16.5. The minimum absolute atomic E-state index is 0.0415. The Labute approximate surface area is 157 Å². The lowest BCUT2D eigenvalue weighted by molar-refractivity contribution is -0.137. The molecule has 0 aromatic heterocycles. The predicted molar refractivity (Wildman–Crippen MR) is 101 cm³/mol. The Morgan fingerprint density at radius 1 is 1.36 bits per heavy atom. The van der Waals surface area contributed by atoms with E-state index in [9.17, 15) is 14.7 Å². The van der Waals surface area contributed by atoms with Crippen LogP contribution in [0.1, 0.15) is 44.9 Å². The molecule has 2 aliphatic carbocycles. The Morgan fingerprint density at radius 2 is 2.08 bits per heavy atom. The monoisotopic (exact) mass is 408 g/mol. The molecule has 0 bridgehead atoms. The number of carbonyl (C=O) groups excluding carboxylic acids is 1. The van der Waals surface area contributed by atoms with Crippen LogP contribution in [0.15, 0.2) is 46.5 Å². The first kappa shape index (κ1) is 19.9. The van der Waals surface area contributed by atoms with Crippen molar-refractivity contribution in [3.63, 3.8) is 0 Å². The molecule has 0 radical (unpaired) electrons. The van der Waals surface area contributed by atoms with Crippen molar-refractivity contribution in [3.05, 3.63) is 46.5 Å². The summed E-state index contributed by atoms with van der Waals surface area (Å²) in [6.45, 7) is 0. The first-order valence-corrected chi connectivity index (χ1v) is 9.65. The fraction of sp³-hybridized carbons (Fsp3) is 0.500. The second-order valence-electron chi connectivity index (χ2n) is 6.63. The molecular formula is C20H25BrO4. The van der Waals surface area contributed by atoms with Crippen LogP contribution in [0.5, 0.6) is 0 Å². The lowest BCUT2D eigenvalue weighted by Crippen LogP contribution is -2.14. The van der Waals surface area contributed by atoms with Gasteiger partial charge in [0.05, 0.1) is 10.6 Å². The van der Waals surface area contributed by atoms with Crippen molar-refractivity contribution in [1.82, 2.24) is 0 Å². The number of ketones is 1. The molecule has 2 unspecified atom stereocenters. The van der Waals surface area contributed by atoms with E-state index in [1.807, 2.05) is 30.4 Å². The highest BCUT2D eigenvalue weighted by Crippen LogP contribution is 2.33. The maximum atomic E-state index is 12.2. The van der Waals surface area contributed by atoms with E-state index in [2.05, 4.69) is 15.9 Å². The third-order valence-corrected chi connectivity index (χ3v) is 5.36. The van der Waals surface area contributed by atoms with Crippen LogP contribution in [0.2, 0.25) is 0 Å². The number of allylic oxidation sites excluding steroid dienone is 7. The van der Waals surface area contributed by atoms with Crippen LogP contribution >= 0.6 is 15.9 Å². The maximum absolute atomic E-state index is 12.2. The Hall–Kier alpha value is -1.46. The Balaban J connectivity index is 1.95. The minimum Gasteiger partial charge on any atom is -0.481 e. The molecule has 0 aliphatic heterocycles. The first-order chi connectivity index (χ1) is 12.0. The van der Waals surface area contributed by atoms with Crippen molar-refractivity contribution in [1.29, 1.82) is 0 Å². The van der Waals surface area contributed by atoms with Gasteiger partial charge < -0.3 is 10.2 Å². The number of aliphatic hydroxyl groups is 1. The highest BCUT2D eigenvalue weighted by Gasteiger charge is 2.27. The van der Waals surface area contributed by atoms with Gasteiger partial charge >= 0.3 is 5.97 Å². The summed E-state index contributed by atoms with van der Waals surface area (Å²) in [5, 5.41) is 18.9. The standard InChI is InChI=1S/C20H25BrO4/c21-17-13-15(11-12-18(22)14-7-5-6-8-14)16(20(17)25)9-3-1-2-4-10-19(23)24/h1,3,9,11-15,18,22H,2,4-8,10H2,(H,23,24). The zero-order chi connectivity index (χ0) is 18.2. The van der Waals surface area contributed by atoms with Crippen LogP contribution in [-0.2, 0) is 9.59 Å². The minimum atomic E-state index is -0.795. The zero-order valence-electron chi connectivity index (χ0n) is 14.2. The molecular weight excluding hydrogens is 384 g/mol. The van der Waals surface area contributed by atoms with E-state index in [0.717, 1.165) is 12.8 Å². The van der Waals surface area contributed by atoms with Crippen molar-refractivity contribution < 1.29 is 19.8 Å². The molecule has 1 saturated carbocycles. The number of carboxylic acids is 1. The van der Waals surface area contributed by atoms with Gasteiger partial charge in [0.25, 0.3) is 0 Å². The number of Topliss-reactive ketones (excluding diaryl/α,β-unsaturated/α-hetero) is 1. The molecule has 2 rings (SSSR count). The number of carbonyl (C=O) groups is 2. The Morgan fingerprint density at radius 3 is 2.76 bits per heavy atom. The Bertz CT molecular complexity index is 609. The summed E-state index contributed by atoms with van der Waals surface area (Å²) in [5.74, 6) is -0.638. The average molecular weight is 409 g/mol. The molecule has 0 spiro atoms. The number of halogens is 1. The smallest absolute Gasteiger partial charge is 0.303 e. The van der Waals surface area contributed by atoms with Gasteiger partial charge in [0.2, 0.25) is 0 Å². The van der Waals surface area contributed by atoms with E-state index < -0.39 is 12.1 Å². The van der Waals surface area contributed by atoms with E-state index in [4.69, 9.17) is 5.11 Å². The van der Waals surface area contributed by atoms with Gasteiger partial charge in [0.1, 0.15) is 0 Å². The quantitative estimate of drug-likeness (QED) is 0.356. The van der Waals surface area contributed by atoms with Gasteiger partial charge in [-0.05, 0) is 47.5 Å². The summed E-state index contributed by atoms with van der Waals surface area (Å²) in [7, 11) is 0. The summed E-state index contributed by atoms with van der Waals surface area (Å²) >= 11 is 3.29. The summed E-state index contributed by atoms with van der Waals surface area (Å²) in [4.78, 5) is 22.7. The normalized spacial score (nSPS) is 24.7. The van der Waals surface area contributed by atoms with Gasteiger partial charge in [-0.1, -0.05) is 49.3 Å². The van der Waals surface area contributed by atoms with Gasteiger partial charge in [-0.15, -0.1) is 0 Å². The lowest BCUT2D eigenvalue weighted by Gasteiger charge is -2.14. The van der Waals surface area contributed by atoms with Crippen LogP contribution in [0.3, 0.4) is 0 Å². The van der Waals surface area contributed by atoms with E-state index in [1.165, 1.54) is 12.8 Å². The number of aliphatic hydroxyl groups excluding tert-OH is 1. The number of aliphatic carboxylic acids is 1. The third-order valence-electron chi connectivity index (χ3n) is 4.74. The van der Waals surface area contributed by atoms with Crippen molar-refractivity contribution in [2.75, 3.05) is 0 Å². The van der Waals surface area contributed by atoms with Gasteiger partial charge in [-0.2, -0.15) is 0 Å². The molecule has 2 aliphatic rings. The summed E-state index contributed by atoms with van der Waals surface area (Å²) in [6, 6.07) is 0. The highest BCUT2D eigenvalue weighted by atomic mass is 79.9. The fourth-order valence-electron chi connectivity index (χ4n) is 3.29. The second kappa shape index (κ2) is 9.88. The molecule has 5 heteroatoms. The molecule has 0 heterocycles. The topological polar surface area (TPSA) is 74.6 Å². The van der Waals surface area contributed by atoms with Crippen molar-refractivity contribution in [2.45, 2.75) is 51.0 Å². The van der Waals surface area contributed by atoms with Crippen molar-refractivity contribution in [3.8, 4) is 0 Å². The molecule has 25 heavy (non-hydrogen) atoms. The third kappa shape index (κ3) is 6.08. The predicted octanol–water partition coefficient (Wildman–Crippen LogP) is 4.31. The van der Waals surface area contributed by atoms with E-state index in [0.29, 0.717) is 28.8 Å². The van der Waals surface area contributed by atoms with Crippen LogP contribution in [0.25, 0.3) is 0 Å². The van der Waals surface area contributed by atoms with E-state index >= 15 is 0 Å². The van der Waals surface area contributed by atoms with Gasteiger partial charge in [0.15, 0.2) is 5.78 Å². The highest BCUT2D eigenvalue weighted by molar-refractivity contribution is 9.12.